The molecular formula is C14H26F3N3O2. The van der Waals surface area contributed by atoms with Gasteiger partial charge in [-0.1, -0.05) is 12.8 Å². The average molecular weight is 325 g/mol. The van der Waals surface area contributed by atoms with Gasteiger partial charge in [-0.05, 0) is 19.8 Å². The zero-order valence-electron chi connectivity index (χ0n) is 13.3. The number of rotatable bonds is 10. The van der Waals surface area contributed by atoms with E-state index >= 15 is 0 Å². The molecule has 0 heterocycles. The van der Waals surface area contributed by atoms with Crippen LogP contribution in [0.5, 0.6) is 0 Å². The van der Waals surface area contributed by atoms with Crippen molar-refractivity contribution < 1.29 is 22.7 Å². The van der Waals surface area contributed by atoms with Gasteiger partial charge in [-0.15, -0.1) is 0 Å². The van der Waals surface area contributed by atoms with Crippen LogP contribution in [0.2, 0.25) is 0 Å². The average Bonchev–Trinajstić information content (AvgIpc) is 2.43. The largest absolute Gasteiger partial charge is 0.466 e. The molecule has 0 unspecified atom stereocenters. The number of hydrogen-bond acceptors (Lipinski definition) is 3. The van der Waals surface area contributed by atoms with Gasteiger partial charge in [-0.25, -0.2) is 0 Å². The number of guanidine groups is 1. The summed E-state index contributed by atoms with van der Waals surface area (Å²) in [6.45, 7) is 2.62. The fourth-order valence-corrected chi connectivity index (χ4v) is 1.73. The molecule has 0 bridgehead atoms. The van der Waals surface area contributed by atoms with E-state index in [4.69, 9.17) is 4.74 Å². The third-order valence-electron chi connectivity index (χ3n) is 2.83. The van der Waals surface area contributed by atoms with Crippen LogP contribution in [0.25, 0.3) is 0 Å². The maximum atomic E-state index is 12.0. The number of carbonyl (C=O) groups excluding carboxylic acids is 1. The highest BCUT2D eigenvalue weighted by molar-refractivity contribution is 5.79. The van der Waals surface area contributed by atoms with Crippen LogP contribution in [-0.2, 0) is 9.53 Å². The Kier molecular flexibility index (Phi) is 11.3. The Bertz CT molecular complexity index is 334. The molecule has 0 spiro atoms. The van der Waals surface area contributed by atoms with Crippen molar-refractivity contribution in [3.8, 4) is 0 Å². The number of aliphatic imine (C=N–C) groups is 1. The predicted octanol–water partition coefficient (Wildman–Crippen LogP) is 2.62. The maximum absolute atomic E-state index is 12.0. The third kappa shape index (κ3) is 13.5. The van der Waals surface area contributed by atoms with Gasteiger partial charge in [0.25, 0.3) is 0 Å². The van der Waals surface area contributed by atoms with E-state index in [1.54, 1.807) is 6.92 Å². The van der Waals surface area contributed by atoms with Gasteiger partial charge in [0.05, 0.1) is 13.0 Å². The SMILES string of the molecule is CCOC(=O)CCCCCCNC(=NC)NCCC(F)(F)F. The number of nitrogens with zero attached hydrogens (tertiary/aromatic N) is 1. The van der Waals surface area contributed by atoms with Crippen molar-refractivity contribution in [1.82, 2.24) is 10.6 Å². The van der Waals surface area contributed by atoms with Crippen LogP contribution < -0.4 is 10.6 Å². The lowest BCUT2D eigenvalue weighted by atomic mass is 10.1. The number of hydrogen-bond donors (Lipinski definition) is 2. The van der Waals surface area contributed by atoms with Crippen molar-refractivity contribution in [2.75, 3.05) is 26.7 Å². The Morgan fingerprint density at radius 3 is 2.32 bits per heavy atom. The Morgan fingerprint density at radius 2 is 1.73 bits per heavy atom. The number of esters is 1. The minimum absolute atomic E-state index is 0.171. The van der Waals surface area contributed by atoms with Crippen LogP contribution in [0, 0.1) is 0 Å². The van der Waals surface area contributed by atoms with E-state index < -0.39 is 12.6 Å². The summed E-state index contributed by atoms with van der Waals surface area (Å²) >= 11 is 0. The topological polar surface area (TPSA) is 62.7 Å². The molecule has 0 rings (SSSR count). The smallest absolute Gasteiger partial charge is 0.390 e. The van der Waals surface area contributed by atoms with E-state index in [-0.39, 0.29) is 12.5 Å². The molecule has 0 aromatic heterocycles. The molecule has 0 aliphatic heterocycles. The number of ether oxygens (including phenoxy) is 1. The molecule has 0 amide bonds. The standard InChI is InChI=1S/C14H26F3N3O2/c1-3-22-12(21)8-6-4-5-7-10-19-13(18-2)20-11-9-14(15,16)17/h3-11H2,1-2H3,(H2,18,19,20). The van der Waals surface area contributed by atoms with E-state index in [9.17, 15) is 18.0 Å². The van der Waals surface area contributed by atoms with Gasteiger partial charge in [0.15, 0.2) is 5.96 Å². The van der Waals surface area contributed by atoms with Crippen LogP contribution in [0.1, 0.15) is 45.4 Å². The first-order chi connectivity index (χ1) is 10.4. The van der Waals surface area contributed by atoms with Gasteiger partial charge >= 0.3 is 12.1 Å². The Morgan fingerprint density at radius 1 is 1.09 bits per heavy atom. The molecule has 0 aromatic rings. The fraction of sp³-hybridized carbons (Fsp3) is 0.857. The van der Waals surface area contributed by atoms with Crippen LogP contribution in [-0.4, -0.2) is 44.8 Å². The Labute approximate surface area is 129 Å². The van der Waals surface area contributed by atoms with Gasteiger partial charge in [0, 0.05) is 26.6 Å². The molecule has 22 heavy (non-hydrogen) atoms. The highest BCUT2D eigenvalue weighted by atomic mass is 19.4. The van der Waals surface area contributed by atoms with Crippen LogP contribution in [0.4, 0.5) is 13.2 Å². The fourth-order valence-electron chi connectivity index (χ4n) is 1.73. The molecule has 0 radical (unpaired) electrons. The summed E-state index contributed by atoms with van der Waals surface area (Å²) in [7, 11) is 1.52. The van der Waals surface area contributed by atoms with Crippen LogP contribution >= 0.6 is 0 Å². The van der Waals surface area contributed by atoms with Gasteiger partial charge in [-0.3, -0.25) is 9.79 Å². The molecule has 130 valence electrons. The van der Waals surface area contributed by atoms with E-state index in [0.717, 1.165) is 25.7 Å². The minimum Gasteiger partial charge on any atom is -0.466 e. The maximum Gasteiger partial charge on any atom is 0.390 e. The van der Waals surface area contributed by atoms with Gasteiger partial charge in [-0.2, -0.15) is 13.2 Å². The second kappa shape index (κ2) is 12.1. The normalized spacial score (nSPS) is 12.1. The van der Waals surface area contributed by atoms with E-state index in [0.29, 0.717) is 25.5 Å². The lowest BCUT2D eigenvalue weighted by Crippen LogP contribution is -2.39. The summed E-state index contributed by atoms with van der Waals surface area (Å²) in [6.07, 6.45) is -1.11. The molecular weight excluding hydrogens is 299 g/mol. The summed E-state index contributed by atoms with van der Waals surface area (Å²) in [5.41, 5.74) is 0. The van der Waals surface area contributed by atoms with Crippen LogP contribution in [0.3, 0.4) is 0 Å². The van der Waals surface area contributed by atoms with E-state index in [2.05, 4.69) is 15.6 Å². The highest BCUT2D eigenvalue weighted by Crippen LogP contribution is 2.17. The second-order valence-corrected chi connectivity index (χ2v) is 4.76. The van der Waals surface area contributed by atoms with E-state index in [1.165, 1.54) is 7.05 Å². The summed E-state index contributed by atoms with van der Waals surface area (Å²) < 4.78 is 40.8. The molecule has 8 heteroatoms. The molecule has 5 nitrogen and oxygen atoms in total. The van der Waals surface area contributed by atoms with Crippen LogP contribution in [0.15, 0.2) is 4.99 Å². The highest BCUT2D eigenvalue weighted by Gasteiger charge is 2.26. The quantitative estimate of drug-likeness (QED) is 0.280. The molecule has 0 fully saturated rings. The molecule has 0 aromatic carbocycles. The van der Waals surface area contributed by atoms with Crippen molar-refractivity contribution in [3.63, 3.8) is 0 Å². The molecule has 2 N–H and O–H groups in total. The predicted molar refractivity (Wildman–Crippen MR) is 79.8 cm³/mol. The monoisotopic (exact) mass is 325 g/mol. The first-order valence-electron chi connectivity index (χ1n) is 7.56. The molecule has 0 saturated heterocycles. The molecule has 0 aliphatic rings. The van der Waals surface area contributed by atoms with Crippen molar-refractivity contribution >= 4 is 11.9 Å². The number of carbonyl (C=O) groups is 1. The number of halogens is 3. The number of alkyl halides is 3. The minimum atomic E-state index is -4.16. The Hall–Kier alpha value is -1.47. The summed E-state index contributed by atoms with van der Waals surface area (Å²) in [5.74, 6) is 0.200. The second-order valence-electron chi connectivity index (χ2n) is 4.76. The summed E-state index contributed by atoms with van der Waals surface area (Å²) in [6, 6.07) is 0. The zero-order chi connectivity index (χ0) is 16.8. The number of nitrogens with one attached hydrogen (secondary N) is 2. The van der Waals surface area contributed by atoms with Gasteiger partial charge in [0.2, 0.25) is 0 Å². The van der Waals surface area contributed by atoms with Crippen molar-refractivity contribution in [3.05, 3.63) is 0 Å². The first kappa shape index (κ1) is 20.5. The van der Waals surface area contributed by atoms with Crippen molar-refractivity contribution in [2.45, 2.75) is 51.6 Å². The molecule has 0 aliphatic carbocycles. The molecule has 0 saturated carbocycles. The first-order valence-corrected chi connectivity index (χ1v) is 7.56. The summed E-state index contributed by atoms with van der Waals surface area (Å²) in [4.78, 5) is 14.9. The zero-order valence-corrected chi connectivity index (χ0v) is 13.3. The van der Waals surface area contributed by atoms with Crippen molar-refractivity contribution in [1.29, 1.82) is 0 Å². The summed E-state index contributed by atoms with van der Waals surface area (Å²) in [5, 5.41) is 5.57. The lowest BCUT2D eigenvalue weighted by Gasteiger charge is -2.12. The van der Waals surface area contributed by atoms with E-state index in [1.807, 2.05) is 0 Å². The Balaban J connectivity index is 3.54. The van der Waals surface area contributed by atoms with Crippen molar-refractivity contribution in [2.24, 2.45) is 4.99 Å². The lowest BCUT2D eigenvalue weighted by molar-refractivity contribution is -0.143. The van der Waals surface area contributed by atoms with Gasteiger partial charge in [0.1, 0.15) is 0 Å². The number of unbranched alkanes of at least 4 members (excludes halogenated alkanes) is 3. The van der Waals surface area contributed by atoms with Gasteiger partial charge < -0.3 is 15.4 Å². The molecule has 0 atom stereocenters. The third-order valence-corrected chi connectivity index (χ3v) is 2.83.